The maximum atomic E-state index is 9.65. The van der Waals surface area contributed by atoms with Crippen LogP contribution in [0.15, 0.2) is 10.1 Å². The quantitative estimate of drug-likeness (QED) is 0.475. The second-order valence-corrected chi connectivity index (χ2v) is 7.66. The third kappa shape index (κ3) is 1.85. The van der Waals surface area contributed by atoms with Crippen molar-refractivity contribution in [2.24, 2.45) is 45.7 Å². The van der Waals surface area contributed by atoms with Crippen LogP contribution in [0.1, 0.15) is 51.4 Å². The van der Waals surface area contributed by atoms with E-state index in [0.717, 1.165) is 35.1 Å². The maximum Gasteiger partial charge on any atom is 0.104 e. The lowest BCUT2D eigenvalue weighted by atomic mass is 9.77. The molecule has 0 spiro atoms. The van der Waals surface area contributed by atoms with Crippen LogP contribution in [0.25, 0.3) is 0 Å². The topological polar surface area (TPSA) is 45.0 Å². The molecule has 0 saturated heterocycles. The highest BCUT2D eigenvalue weighted by Gasteiger charge is 2.47. The van der Waals surface area contributed by atoms with E-state index in [2.05, 4.69) is 10.1 Å². The summed E-state index contributed by atoms with van der Waals surface area (Å²) in [6.07, 6.45) is 10.8. The van der Waals surface area contributed by atoms with Gasteiger partial charge in [-0.15, -0.1) is 0 Å². The highest BCUT2D eigenvalue weighted by atomic mass is 16.4. The molecule has 0 aromatic carbocycles. The van der Waals surface area contributed by atoms with Crippen molar-refractivity contribution >= 4 is 11.4 Å². The van der Waals surface area contributed by atoms with Gasteiger partial charge in [-0.3, -0.25) is 4.99 Å². The first kappa shape index (κ1) is 12.8. The lowest BCUT2D eigenvalue weighted by molar-refractivity contribution is 0.308. The first-order valence-corrected chi connectivity index (χ1v) is 8.49. The summed E-state index contributed by atoms with van der Waals surface area (Å²) in [5.74, 6) is 4.47. The molecule has 0 aliphatic heterocycles. The Labute approximate surface area is 121 Å². The molecule has 6 atom stereocenters. The molecule has 4 bridgehead atoms. The second kappa shape index (κ2) is 4.85. The van der Waals surface area contributed by atoms with E-state index in [4.69, 9.17) is 0 Å². The van der Waals surface area contributed by atoms with Crippen molar-refractivity contribution in [1.29, 1.82) is 0 Å². The first-order chi connectivity index (χ1) is 9.80. The van der Waals surface area contributed by atoms with Gasteiger partial charge < -0.3 is 5.21 Å². The molecule has 0 aromatic rings. The molecule has 0 radical (unpaired) electrons. The van der Waals surface area contributed by atoms with Crippen molar-refractivity contribution in [3.8, 4) is 0 Å². The molecule has 4 aliphatic rings. The van der Waals surface area contributed by atoms with Crippen molar-refractivity contribution in [2.75, 3.05) is 7.05 Å². The largest absolute Gasteiger partial charge is 0.411 e. The molecule has 0 amide bonds. The van der Waals surface area contributed by atoms with E-state index < -0.39 is 0 Å². The normalized spacial score (nSPS) is 47.5. The average Bonchev–Trinajstić information content (AvgIpc) is 3.22. The van der Waals surface area contributed by atoms with Gasteiger partial charge in [0.25, 0.3) is 0 Å². The zero-order valence-corrected chi connectivity index (χ0v) is 12.5. The van der Waals surface area contributed by atoms with Crippen LogP contribution < -0.4 is 0 Å². The molecule has 0 aromatic heterocycles. The number of nitrogens with zero attached hydrogens (tertiary/aromatic N) is 2. The molecule has 4 aliphatic carbocycles. The Balaban J connectivity index is 1.57. The Hall–Kier alpha value is -0.860. The number of rotatable bonds is 3. The Morgan fingerprint density at radius 2 is 1.35 bits per heavy atom. The molecular weight excluding hydrogens is 248 g/mol. The third-order valence-electron chi connectivity index (χ3n) is 6.79. The maximum absolute atomic E-state index is 9.65. The van der Waals surface area contributed by atoms with Gasteiger partial charge in [-0.25, -0.2) is 0 Å². The summed E-state index contributed by atoms with van der Waals surface area (Å²) in [5.41, 5.74) is 2.13. The molecule has 20 heavy (non-hydrogen) atoms. The lowest BCUT2D eigenvalue weighted by Crippen LogP contribution is -2.35. The monoisotopic (exact) mass is 274 g/mol. The summed E-state index contributed by atoms with van der Waals surface area (Å²) >= 11 is 0. The summed E-state index contributed by atoms with van der Waals surface area (Å²) in [7, 11) is 1.90. The fraction of sp³-hybridized carbons (Fsp3) is 0.882. The van der Waals surface area contributed by atoms with Gasteiger partial charge in [0.2, 0.25) is 0 Å². The highest BCUT2D eigenvalue weighted by Crippen LogP contribution is 2.52. The molecular formula is C17H26N2O. The molecule has 4 saturated carbocycles. The predicted octanol–water partition coefficient (Wildman–Crippen LogP) is 3.76. The number of hydrogen-bond donors (Lipinski definition) is 1. The van der Waals surface area contributed by atoms with Crippen LogP contribution >= 0.6 is 0 Å². The number of oxime groups is 1. The van der Waals surface area contributed by atoms with Gasteiger partial charge in [0, 0.05) is 18.9 Å². The smallest absolute Gasteiger partial charge is 0.104 e. The number of aliphatic imine (C=N–C) groups is 1. The zero-order chi connectivity index (χ0) is 13.7. The fourth-order valence-electron chi connectivity index (χ4n) is 5.94. The van der Waals surface area contributed by atoms with E-state index >= 15 is 0 Å². The van der Waals surface area contributed by atoms with Crippen molar-refractivity contribution in [3.05, 3.63) is 0 Å². The first-order valence-electron chi connectivity index (χ1n) is 8.49. The number of hydrogen-bond acceptors (Lipinski definition) is 3. The Morgan fingerprint density at radius 3 is 1.70 bits per heavy atom. The van der Waals surface area contributed by atoms with Crippen molar-refractivity contribution in [3.63, 3.8) is 0 Å². The van der Waals surface area contributed by atoms with Gasteiger partial charge in [0.05, 0.1) is 5.71 Å². The molecule has 6 unspecified atom stereocenters. The highest BCUT2D eigenvalue weighted by molar-refractivity contribution is 6.43. The Morgan fingerprint density at radius 1 is 0.800 bits per heavy atom. The van der Waals surface area contributed by atoms with E-state index in [0.29, 0.717) is 11.8 Å². The van der Waals surface area contributed by atoms with Crippen molar-refractivity contribution < 1.29 is 5.21 Å². The standard InChI is InChI=1S/C17H26N2O/c1-18-16(14-8-10-2-4-12(14)6-10)17(19-20)15-9-11-3-5-13(15)7-11/h10-15,20H,2-9H2,1H3. The molecule has 110 valence electrons. The second-order valence-electron chi connectivity index (χ2n) is 7.66. The summed E-state index contributed by atoms with van der Waals surface area (Å²) in [6.45, 7) is 0. The van der Waals surface area contributed by atoms with E-state index in [1.165, 1.54) is 51.4 Å². The van der Waals surface area contributed by atoms with Crippen LogP contribution in [0.5, 0.6) is 0 Å². The van der Waals surface area contributed by atoms with Crippen LogP contribution in [-0.4, -0.2) is 23.7 Å². The molecule has 0 heterocycles. The molecule has 3 heteroatoms. The third-order valence-corrected chi connectivity index (χ3v) is 6.79. The molecule has 1 N–H and O–H groups in total. The van der Waals surface area contributed by atoms with Crippen molar-refractivity contribution in [1.82, 2.24) is 0 Å². The van der Waals surface area contributed by atoms with E-state index in [1.54, 1.807) is 0 Å². The van der Waals surface area contributed by atoms with Crippen LogP contribution in [0, 0.1) is 35.5 Å². The SMILES string of the molecule is CN=C(C(=NO)C1CC2CCC1C2)C1CC2CCC1C2. The molecule has 4 fully saturated rings. The van der Waals surface area contributed by atoms with Gasteiger partial charge in [-0.2, -0.15) is 0 Å². The zero-order valence-electron chi connectivity index (χ0n) is 12.5. The summed E-state index contributed by atoms with van der Waals surface area (Å²) < 4.78 is 0. The average molecular weight is 274 g/mol. The number of fused-ring (bicyclic) bond motifs is 4. The van der Waals surface area contributed by atoms with Crippen LogP contribution in [-0.2, 0) is 0 Å². The summed E-state index contributed by atoms with van der Waals surface area (Å²) in [5, 5.41) is 13.4. The van der Waals surface area contributed by atoms with Gasteiger partial charge in [-0.1, -0.05) is 18.0 Å². The lowest BCUT2D eigenvalue weighted by Gasteiger charge is -2.29. The molecule has 4 rings (SSSR count). The van der Waals surface area contributed by atoms with E-state index in [9.17, 15) is 5.21 Å². The van der Waals surface area contributed by atoms with Gasteiger partial charge >= 0.3 is 0 Å². The van der Waals surface area contributed by atoms with Gasteiger partial charge in [0.1, 0.15) is 5.71 Å². The van der Waals surface area contributed by atoms with Crippen molar-refractivity contribution in [2.45, 2.75) is 51.4 Å². The minimum absolute atomic E-state index is 0.497. The van der Waals surface area contributed by atoms with Crippen LogP contribution in [0.3, 0.4) is 0 Å². The predicted molar refractivity (Wildman–Crippen MR) is 80.5 cm³/mol. The van der Waals surface area contributed by atoms with E-state index in [-0.39, 0.29) is 0 Å². The van der Waals surface area contributed by atoms with Gasteiger partial charge in [0.15, 0.2) is 0 Å². The summed E-state index contributed by atoms with van der Waals surface area (Å²) in [6, 6.07) is 0. The Kier molecular flexibility index (Phi) is 3.12. The van der Waals surface area contributed by atoms with Gasteiger partial charge in [-0.05, 0) is 62.2 Å². The Bertz CT molecular complexity index is 414. The summed E-state index contributed by atoms with van der Waals surface area (Å²) in [4.78, 5) is 4.61. The van der Waals surface area contributed by atoms with Crippen LogP contribution in [0.2, 0.25) is 0 Å². The minimum atomic E-state index is 0.497. The fourth-order valence-corrected chi connectivity index (χ4v) is 5.94. The minimum Gasteiger partial charge on any atom is -0.411 e. The molecule has 3 nitrogen and oxygen atoms in total. The van der Waals surface area contributed by atoms with Crippen LogP contribution in [0.4, 0.5) is 0 Å². The van der Waals surface area contributed by atoms with E-state index in [1.807, 2.05) is 7.05 Å².